The van der Waals surface area contributed by atoms with E-state index in [0.717, 1.165) is 38.8 Å². The van der Waals surface area contributed by atoms with Gasteiger partial charge in [-0.05, 0) is 82.1 Å². The number of amides is 2. The molecule has 158 valence electrons. The zero-order valence-corrected chi connectivity index (χ0v) is 17.5. The predicted molar refractivity (Wildman–Crippen MR) is 112 cm³/mol. The highest BCUT2D eigenvalue weighted by molar-refractivity contribution is 5.94. The number of carbonyl (C=O) groups excluding carboxylic acids is 2. The minimum Gasteiger partial charge on any atom is -0.484 e. The van der Waals surface area contributed by atoms with E-state index in [4.69, 9.17) is 10.5 Å². The highest BCUT2D eigenvalue weighted by Gasteiger charge is 2.42. The Hall–Kier alpha value is -2.08. The van der Waals surface area contributed by atoms with Gasteiger partial charge >= 0.3 is 0 Å². The number of nitrogens with zero attached hydrogens (tertiary/aromatic N) is 2. The summed E-state index contributed by atoms with van der Waals surface area (Å²) in [4.78, 5) is 29.3. The smallest absolute Gasteiger partial charge is 0.260 e. The van der Waals surface area contributed by atoms with Gasteiger partial charge in [0.1, 0.15) is 5.75 Å². The minimum atomic E-state index is 0.0322. The molecular formula is C23H33N3O3. The molecule has 3 fully saturated rings. The Kier molecular flexibility index (Phi) is 5.81. The molecule has 2 N–H and O–H groups in total. The number of piperidine rings is 1. The van der Waals surface area contributed by atoms with Crippen molar-refractivity contribution in [3.05, 3.63) is 29.8 Å². The molecule has 5 atom stereocenters. The average molecular weight is 400 g/mol. The highest BCUT2D eigenvalue weighted by Crippen LogP contribution is 2.37. The van der Waals surface area contributed by atoms with E-state index < -0.39 is 0 Å². The van der Waals surface area contributed by atoms with Crippen LogP contribution in [0.4, 0.5) is 0 Å². The molecule has 2 aliphatic heterocycles. The number of carbonyl (C=O) groups is 2. The SMILES string of the molecule is CC1CCCC(C)N1C(=O)COc1ccc(C(=O)N2CC3CCC(N)C3C2)cc1. The van der Waals surface area contributed by atoms with Gasteiger partial charge in [-0.25, -0.2) is 0 Å². The first-order chi connectivity index (χ1) is 13.9. The van der Waals surface area contributed by atoms with Gasteiger partial charge in [-0.1, -0.05) is 0 Å². The van der Waals surface area contributed by atoms with Crippen LogP contribution in [0.5, 0.6) is 5.75 Å². The van der Waals surface area contributed by atoms with Gasteiger partial charge in [0, 0.05) is 36.8 Å². The van der Waals surface area contributed by atoms with Crippen LogP contribution < -0.4 is 10.5 Å². The van der Waals surface area contributed by atoms with Gasteiger partial charge in [0.05, 0.1) is 0 Å². The Morgan fingerprint density at radius 2 is 1.72 bits per heavy atom. The number of fused-ring (bicyclic) bond motifs is 1. The molecule has 2 heterocycles. The van der Waals surface area contributed by atoms with Gasteiger partial charge in [-0.3, -0.25) is 9.59 Å². The number of hydrogen-bond acceptors (Lipinski definition) is 4. The molecule has 4 rings (SSSR count). The van der Waals surface area contributed by atoms with Gasteiger partial charge in [0.15, 0.2) is 6.61 Å². The van der Waals surface area contributed by atoms with Crippen LogP contribution in [-0.2, 0) is 4.79 Å². The van der Waals surface area contributed by atoms with Crippen LogP contribution in [0.2, 0.25) is 0 Å². The Labute approximate surface area is 173 Å². The summed E-state index contributed by atoms with van der Waals surface area (Å²) in [7, 11) is 0. The maximum absolute atomic E-state index is 12.8. The summed E-state index contributed by atoms with van der Waals surface area (Å²) in [5, 5.41) is 0. The second-order valence-corrected chi connectivity index (χ2v) is 9.12. The fourth-order valence-electron chi connectivity index (χ4n) is 5.48. The van der Waals surface area contributed by atoms with Crippen molar-refractivity contribution in [3.63, 3.8) is 0 Å². The van der Waals surface area contributed by atoms with Crippen LogP contribution in [0.1, 0.15) is 56.3 Å². The van der Waals surface area contributed by atoms with E-state index in [1.807, 2.05) is 9.80 Å². The first-order valence-corrected chi connectivity index (χ1v) is 11.0. The summed E-state index contributed by atoms with van der Waals surface area (Å²) >= 11 is 0. The van der Waals surface area contributed by atoms with E-state index in [1.54, 1.807) is 24.3 Å². The van der Waals surface area contributed by atoms with Crippen molar-refractivity contribution in [2.75, 3.05) is 19.7 Å². The predicted octanol–water partition coefficient (Wildman–Crippen LogP) is 2.66. The molecule has 1 saturated carbocycles. The summed E-state index contributed by atoms with van der Waals surface area (Å²) in [6.07, 6.45) is 5.49. The standard InChI is InChI=1S/C23H33N3O3/c1-15-4-3-5-16(2)26(15)22(27)14-29-19-9-6-17(7-10-19)23(28)25-12-18-8-11-21(24)20(18)13-25/h6-7,9-10,15-16,18,20-21H,3-5,8,11-14,24H2,1-2H3. The van der Waals surface area contributed by atoms with Crippen molar-refractivity contribution in [2.45, 2.75) is 64.1 Å². The molecule has 5 unspecified atom stereocenters. The third-order valence-electron chi connectivity index (χ3n) is 7.14. The van der Waals surface area contributed by atoms with E-state index in [2.05, 4.69) is 13.8 Å². The molecule has 3 aliphatic rings. The second kappa shape index (κ2) is 8.34. The largest absolute Gasteiger partial charge is 0.484 e. The average Bonchev–Trinajstić information content (AvgIpc) is 3.28. The molecule has 0 aromatic heterocycles. The second-order valence-electron chi connectivity index (χ2n) is 9.12. The van der Waals surface area contributed by atoms with E-state index >= 15 is 0 Å². The topological polar surface area (TPSA) is 75.9 Å². The van der Waals surface area contributed by atoms with Crippen LogP contribution in [0.25, 0.3) is 0 Å². The van der Waals surface area contributed by atoms with Crippen LogP contribution in [0, 0.1) is 11.8 Å². The van der Waals surface area contributed by atoms with Crippen molar-refractivity contribution < 1.29 is 14.3 Å². The number of hydrogen-bond donors (Lipinski definition) is 1. The number of benzene rings is 1. The van der Waals surface area contributed by atoms with Crippen molar-refractivity contribution in [1.29, 1.82) is 0 Å². The van der Waals surface area contributed by atoms with Gasteiger partial charge in [-0.2, -0.15) is 0 Å². The fourth-order valence-corrected chi connectivity index (χ4v) is 5.48. The zero-order valence-electron chi connectivity index (χ0n) is 17.5. The lowest BCUT2D eigenvalue weighted by molar-refractivity contribution is -0.139. The summed E-state index contributed by atoms with van der Waals surface area (Å²) in [5.41, 5.74) is 6.85. The molecule has 1 aliphatic carbocycles. The first kappa shape index (κ1) is 20.2. The van der Waals surface area contributed by atoms with Crippen molar-refractivity contribution >= 4 is 11.8 Å². The number of rotatable bonds is 4. The van der Waals surface area contributed by atoms with Gasteiger partial charge in [-0.15, -0.1) is 0 Å². The lowest BCUT2D eigenvalue weighted by Gasteiger charge is -2.38. The number of nitrogens with two attached hydrogens (primary N) is 1. The monoisotopic (exact) mass is 399 g/mol. The zero-order chi connectivity index (χ0) is 20.5. The molecular weight excluding hydrogens is 366 g/mol. The third kappa shape index (κ3) is 4.13. The normalized spacial score (nSPS) is 31.6. The number of ether oxygens (including phenoxy) is 1. The Balaban J connectivity index is 1.31. The van der Waals surface area contributed by atoms with Crippen molar-refractivity contribution in [3.8, 4) is 5.75 Å². The van der Waals surface area contributed by atoms with Crippen molar-refractivity contribution in [1.82, 2.24) is 9.80 Å². The fraction of sp³-hybridized carbons (Fsp3) is 0.652. The maximum atomic E-state index is 12.8. The van der Waals surface area contributed by atoms with E-state index in [-0.39, 0.29) is 36.5 Å². The molecule has 29 heavy (non-hydrogen) atoms. The van der Waals surface area contributed by atoms with Gasteiger partial charge in [0.2, 0.25) is 0 Å². The summed E-state index contributed by atoms with van der Waals surface area (Å²) in [6.45, 7) is 5.83. The summed E-state index contributed by atoms with van der Waals surface area (Å²) in [5.74, 6) is 1.72. The molecule has 6 heteroatoms. The van der Waals surface area contributed by atoms with Gasteiger partial charge in [0.25, 0.3) is 11.8 Å². The molecule has 0 radical (unpaired) electrons. The highest BCUT2D eigenvalue weighted by atomic mass is 16.5. The van der Waals surface area contributed by atoms with Crippen LogP contribution in [0.15, 0.2) is 24.3 Å². The lowest BCUT2D eigenvalue weighted by atomic mass is 9.97. The molecule has 2 amide bonds. The summed E-state index contributed by atoms with van der Waals surface area (Å²) < 4.78 is 5.72. The van der Waals surface area contributed by atoms with E-state index in [1.165, 1.54) is 6.42 Å². The Bertz CT molecular complexity index is 740. The van der Waals surface area contributed by atoms with Crippen LogP contribution in [-0.4, -0.2) is 59.4 Å². The van der Waals surface area contributed by atoms with Gasteiger partial charge < -0.3 is 20.3 Å². The van der Waals surface area contributed by atoms with Crippen LogP contribution in [0.3, 0.4) is 0 Å². The number of likely N-dealkylation sites (tertiary alicyclic amines) is 2. The molecule has 0 bridgehead atoms. The van der Waals surface area contributed by atoms with E-state index in [0.29, 0.717) is 23.1 Å². The third-order valence-corrected chi connectivity index (χ3v) is 7.14. The molecule has 0 spiro atoms. The summed E-state index contributed by atoms with van der Waals surface area (Å²) in [6, 6.07) is 7.92. The Morgan fingerprint density at radius 1 is 1.03 bits per heavy atom. The Morgan fingerprint density at radius 3 is 2.38 bits per heavy atom. The lowest BCUT2D eigenvalue weighted by Crippen LogP contribution is -2.49. The van der Waals surface area contributed by atoms with Crippen LogP contribution >= 0.6 is 0 Å². The molecule has 1 aromatic rings. The minimum absolute atomic E-state index is 0.0322. The molecule has 2 saturated heterocycles. The first-order valence-electron chi connectivity index (χ1n) is 11.0. The maximum Gasteiger partial charge on any atom is 0.260 e. The quantitative estimate of drug-likeness (QED) is 0.845. The molecule has 6 nitrogen and oxygen atoms in total. The molecule has 1 aromatic carbocycles. The van der Waals surface area contributed by atoms with E-state index in [9.17, 15) is 9.59 Å². The van der Waals surface area contributed by atoms with Crippen molar-refractivity contribution in [2.24, 2.45) is 17.6 Å².